The monoisotopic (exact) mass is 267 g/mol. The zero-order chi connectivity index (χ0) is 13.5. The predicted molar refractivity (Wildman–Crippen MR) is 67.9 cm³/mol. The first-order valence-corrected chi connectivity index (χ1v) is 6.22. The molecule has 1 aromatic carbocycles. The van der Waals surface area contributed by atoms with Gasteiger partial charge in [-0.3, -0.25) is 4.79 Å². The molecule has 0 fully saturated rings. The van der Waals surface area contributed by atoms with Gasteiger partial charge in [-0.05, 0) is 24.1 Å². The minimum atomic E-state index is -1.03. The number of nitriles is 1. The summed E-state index contributed by atoms with van der Waals surface area (Å²) in [6, 6.07) is 3.67. The highest BCUT2D eigenvalue weighted by Crippen LogP contribution is 2.16. The van der Waals surface area contributed by atoms with Crippen LogP contribution < -0.4 is 0 Å². The Balaban J connectivity index is 2.72. The van der Waals surface area contributed by atoms with E-state index in [-0.39, 0.29) is 10.7 Å². The van der Waals surface area contributed by atoms with Crippen LogP contribution in [0.25, 0.3) is 6.08 Å². The van der Waals surface area contributed by atoms with Gasteiger partial charge in [0.25, 0.3) is 0 Å². The fourth-order valence-corrected chi connectivity index (χ4v) is 1.82. The molecule has 1 aromatic rings. The SMILES string of the molecule is CC(=O)SCCC=Cc1cc(F)c(F)cc1C#N. The normalized spacial score (nSPS) is 10.6. The third-order valence-electron chi connectivity index (χ3n) is 2.10. The van der Waals surface area contributed by atoms with Gasteiger partial charge >= 0.3 is 0 Å². The zero-order valence-corrected chi connectivity index (χ0v) is 10.6. The largest absolute Gasteiger partial charge is 0.288 e. The number of carbonyl (C=O) groups excluding carboxylic acids is 1. The predicted octanol–water partition coefficient (Wildman–Crippen LogP) is 3.52. The maximum Gasteiger partial charge on any atom is 0.185 e. The maximum absolute atomic E-state index is 13.0. The van der Waals surface area contributed by atoms with E-state index in [1.54, 1.807) is 18.2 Å². The number of benzene rings is 1. The zero-order valence-electron chi connectivity index (χ0n) is 9.74. The number of nitrogens with zero attached hydrogens (tertiary/aromatic N) is 1. The van der Waals surface area contributed by atoms with Crippen LogP contribution in [0.1, 0.15) is 24.5 Å². The van der Waals surface area contributed by atoms with Gasteiger partial charge in [0.05, 0.1) is 11.6 Å². The van der Waals surface area contributed by atoms with Crippen LogP contribution in [-0.4, -0.2) is 10.9 Å². The Bertz CT molecular complexity index is 520. The summed E-state index contributed by atoms with van der Waals surface area (Å²) < 4.78 is 25.9. The summed E-state index contributed by atoms with van der Waals surface area (Å²) in [5.41, 5.74) is 0.425. The van der Waals surface area contributed by atoms with Crippen molar-refractivity contribution in [2.45, 2.75) is 13.3 Å². The lowest BCUT2D eigenvalue weighted by atomic mass is 10.1. The molecule has 0 amide bonds. The first-order chi connectivity index (χ1) is 8.54. The first kappa shape index (κ1) is 14.4. The van der Waals surface area contributed by atoms with Gasteiger partial charge in [-0.15, -0.1) is 0 Å². The summed E-state index contributed by atoms with van der Waals surface area (Å²) in [5, 5.41) is 8.82. The molecule has 94 valence electrons. The van der Waals surface area contributed by atoms with Gasteiger partial charge in [0.2, 0.25) is 0 Å². The van der Waals surface area contributed by atoms with Crippen molar-refractivity contribution in [2.24, 2.45) is 0 Å². The Hall–Kier alpha value is -1.67. The molecule has 0 aliphatic carbocycles. The molecular formula is C13H11F2NOS. The molecule has 0 heterocycles. The van der Waals surface area contributed by atoms with Gasteiger partial charge in [0.1, 0.15) is 0 Å². The Morgan fingerprint density at radius 2 is 2.11 bits per heavy atom. The van der Waals surface area contributed by atoms with Crippen molar-refractivity contribution in [1.29, 1.82) is 5.26 Å². The van der Waals surface area contributed by atoms with Crippen molar-refractivity contribution in [3.05, 3.63) is 41.0 Å². The Labute approximate surface area is 108 Å². The second-order valence-electron chi connectivity index (χ2n) is 3.50. The number of halogens is 2. The minimum absolute atomic E-state index is 0.0361. The van der Waals surface area contributed by atoms with Crippen LogP contribution in [-0.2, 0) is 4.79 Å². The molecule has 1 rings (SSSR count). The van der Waals surface area contributed by atoms with Crippen molar-refractivity contribution in [3.63, 3.8) is 0 Å². The number of rotatable bonds is 4. The molecule has 0 N–H and O–H groups in total. The molecule has 0 radical (unpaired) electrons. The average Bonchev–Trinajstić information content (AvgIpc) is 2.32. The molecule has 0 saturated carbocycles. The summed E-state index contributed by atoms with van der Waals surface area (Å²) >= 11 is 1.19. The highest BCUT2D eigenvalue weighted by molar-refractivity contribution is 8.13. The maximum atomic E-state index is 13.0. The van der Waals surface area contributed by atoms with E-state index in [1.165, 1.54) is 18.7 Å². The molecule has 18 heavy (non-hydrogen) atoms. The minimum Gasteiger partial charge on any atom is -0.288 e. The van der Waals surface area contributed by atoms with Gasteiger partial charge in [0, 0.05) is 12.7 Å². The van der Waals surface area contributed by atoms with Crippen molar-refractivity contribution >= 4 is 23.0 Å². The van der Waals surface area contributed by atoms with E-state index in [0.29, 0.717) is 17.7 Å². The lowest BCUT2D eigenvalue weighted by Gasteiger charge is -1.99. The van der Waals surface area contributed by atoms with Crippen molar-refractivity contribution in [3.8, 4) is 6.07 Å². The van der Waals surface area contributed by atoms with Gasteiger partial charge in [-0.25, -0.2) is 8.78 Å². The van der Waals surface area contributed by atoms with Gasteiger partial charge in [0.15, 0.2) is 16.7 Å². The van der Waals surface area contributed by atoms with Crippen LogP contribution in [0.5, 0.6) is 0 Å². The van der Waals surface area contributed by atoms with E-state index in [1.807, 2.05) is 0 Å². The highest BCUT2D eigenvalue weighted by atomic mass is 32.2. The lowest BCUT2D eigenvalue weighted by molar-refractivity contribution is -0.109. The third-order valence-corrected chi connectivity index (χ3v) is 2.95. The Kier molecular flexibility index (Phi) is 5.53. The number of hydrogen-bond donors (Lipinski definition) is 0. The number of hydrogen-bond acceptors (Lipinski definition) is 3. The van der Waals surface area contributed by atoms with E-state index in [9.17, 15) is 13.6 Å². The molecule has 0 aliphatic heterocycles. The standard InChI is InChI=1S/C13H11F2NOS/c1-9(17)18-5-3-2-4-10-6-12(14)13(15)7-11(10)8-16/h2,4,6-7H,3,5H2,1H3. The first-order valence-electron chi connectivity index (χ1n) is 5.23. The highest BCUT2D eigenvalue weighted by Gasteiger charge is 2.07. The van der Waals surface area contributed by atoms with Crippen molar-refractivity contribution < 1.29 is 13.6 Å². The summed E-state index contributed by atoms with van der Waals surface area (Å²) in [6.07, 6.45) is 3.90. The average molecular weight is 267 g/mol. The molecule has 0 atom stereocenters. The molecule has 0 aliphatic rings. The second-order valence-corrected chi connectivity index (χ2v) is 4.77. The van der Waals surface area contributed by atoms with E-state index in [0.717, 1.165) is 12.1 Å². The number of allylic oxidation sites excluding steroid dienone is 1. The van der Waals surface area contributed by atoms with Gasteiger partial charge in [-0.1, -0.05) is 23.9 Å². The summed E-state index contributed by atoms with van der Waals surface area (Å²) in [5.74, 6) is -1.39. The molecular weight excluding hydrogens is 256 g/mol. The summed E-state index contributed by atoms with van der Waals surface area (Å²) in [4.78, 5) is 10.7. The molecule has 0 unspecified atom stereocenters. The van der Waals surface area contributed by atoms with Crippen LogP contribution in [0.4, 0.5) is 8.78 Å². The molecule has 0 aromatic heterocycles. The van der Waals surface area contributed by atoms with Crippen LogP contribution in [0.3, 0.4) is 0 Å². The van der Waals surface area contributed by atoms with Gasteiger partial charge in [-0.2, -0.15) is 5.26 Å². The van der Waals surface area contributed by atoms with Crippen molar-refractivity contribution in [2.75, 3.05) is 5.75 Å². The molecule has 0 saturated heterocycles. The quantitative estimate of drug-likeness (QED) is 0.784. The smallest absolute Gasteiger partial charge is 0.185 e. The molecule has 0 bridgehead atoms. The van der Waals surface area contributed by atoms with Crippen LogP contribution in [0.15, 0.2) is 18.2 Å². The van der Waals surface area contributed by atoms with Crippen molar-refractivity contribution in [1.82, 2.24) is 0 Å². The van der Waals surface area contributed by atoms with E-state index >= 15 is 0 Å². The van der Waals surface area contributed by atoms with Gasteiger partial charge < -0.3 is 0 Å². The molecule has 2 nitrogen and oxygen atoms in total. The fraction of sp³-hybridized carbons (Fsp3) is 0.231. The van der Waals surface area contributed by atoms with Crippen LogP contribution in [0, 0.1) is 23.0 Å². The molecule has 0 spiro atoms. The van der Waals surface area contributed by atoms with Crippen LogP contribution >= 0.6 is 11.8 Å². The van der Waals surface area contributed by atoms with E-state index < -0.39 is 11.6 Å². The number of carbonyl (C=O) groups is 1. The Morgan fingerprint density at radius 3 is 2.72 bits per heavy atom. The van der Waals surface area contributed by atoms with Crippen LogP contribution in [0.2, 0.25) is 0 Å². The van der Waals surface area contributed by atoms with E-state index in [2.05, 4.69) is 0 Å². The van der Waals surface area contributed by atoms with E-state index in [4.69, 9.17) is 5.26 Å². The second kappa shape index (κ2) is 6.92. The molecule has 5 heteroatoms. The lowest BCUT2D eigenvalue weighted by Crippen LogP contribution is -1.90. The Morgan fingerprint density at radius 1 is 1.44 bits per heavy atom. The topological polar surface area (TPSA) is 40.9 Å². The fourth-order valence-electron chi connectivity index (χ4n) is 1.28. The number of thioether (sulfide) groups is 1. The summed E-state index contributed by atoms with van der Waals surface area (Å²) in [6.45, 7) is 1.48. The third kappa shape index (κ3) is 4.30. The summed E-state index contributed by atoms with van der Waals surface area (Å²) in [7, 11) is 0.